The Labute approximate surface area is 274 Å². The summed E-state index contributed by atoms with van der Waals surface area (Å²) in [6.07, 6.45) is 14.3. The van der Waals surface area contributed by atoms with E-state index in [4.69, 9.17) is 0 Å². The van der Waals surface area contributed by atoms with E-state index in [9.17, 15) is 14.4 Å². The summed E-state index contributed by atoms with van der Waals surface area (Å²) < 4.78 is 0. The minimum Gasteiger partial charge on any atom is -0.315 e. The fraction of sp³-hybridized carbons (Fsp3) is 0.875. The topological polar surface area (TPSA) is 63.2 Å². The van der Waals surface area contributed by atoms with Crippen molar-refractivity contribution in [3.63, 3.8) is 0 Å². The molecule has 4 fully saturated rings. The van der Waals surface area contributed by atoms with Crippen LogP contribution in [-0.4, -0.2) is 30.4 Å². The normalized spacial score (nSPS) is 20.1. The molecular weight excluding hydrogens is 542 g/mol. The standard InChI is InChI=1S/3C10H18O.C9H17N.CH4/c3*1-10(2,3)9(11)8-6-4-5-7-8;1-7(9(2,3)4)8-5-10-6-8;/h3*8H,4-7H2,1-3H3;8,10H,1,5-6H2,2-4H3;1H4. The van der Waals surface area contributed by atoms with E-state index >= 15 is 0 Å². The lowest BCUT2D eigenvalue weighted by atomic mass is 9.77. The highest BCUT2D eigenvalue weighted by Crippen LogP contribution is 2.34. The van der Waals surface area contributed by atoms with Crippen LogP contribution in [0.25, 0.3) is 0 Å². The van der Waals surface area contributed by atoms with Gasteiger partial charge in [-0.3, -0.25) is 14.4 Å². The van der Waals surface area contributed by atoms with Crippen LogP contribution in [0.1, 0.15) is 168 Å². The number of hydrogen-bond acceptors (Lipinski definition) is 4. The maximum atomic E-state index is 11.7. The van der Waals surface area contributed by atoms with Crippen molar-refractivity contribution in [3.8, 4) is 0 Å². The Morgan fingerprint density at radius 2 is 0.682 bits per heavy atom. The van der Waals surface area contributed by atoms with E-state index in [-0.39, 0.29) is 23.7 Å². The Balaban J connectivity index is 0.000000556. The number of ketones is 3. The third-order valence-corrected chi connectivity index (χ3v) is 9.63. The van der Waals surface area contributed by atoms with Gasteiger partial charge in [0, 0.05) is 53.0 Å². The first kappa shape index (κ1) is 42.7. The van der Waals surface area contributed by atoms with Gasteiger partial charge < -0.3 is 5.32 Å². The lowest BCUT2D eigenvalue weighted by molar-refractivity contribution is -0.130. The zero-order valence-corrected chi connectivity index (χ0v) is 30.6. The van der Waals surface area contributed by atoms with E-state index in [1.807, 2.05) is 62.3 Å². The van der Waals surface area contributed by atoms with Crippen LogP contribution in [0, 0.1) is 45.3 Å². The quantitative estimate of drug-likeness (QED) is 0.319. The summed E-state index contributed by atoms with van der Waals surface area (Å²) in [5.41, 5.74) is 1.34. The highest BCUT2D eigenvalue weighted by Gasteiger charge is 2.33. The maximum Gasteiger partial charge on any atom is 0.141 e. The summed E-state index contributed by atoms with van der Waals surface area (Å²) in [5.74, 6) is 3.29. The summed E-state index contributed by atoms with van der Waals surface area (Å²) in [5, 5.41) is 3.25. The predicted octanol–water partition coefficient (Wildman–Crippen LogP) is 10.8. The molecule has 1 aliphatic heterocycles. The van der Waals surface area contributed by atoms with Gasteiger partial charge in [0.2, 0.25) is 0 Å². The van der Waals surface area contributed by atoms with Gasteiger partial charge in [-0.15, -0.1) is 0 Å². The molecule has 3 saturated carbocycles. The van der Waals surface area contributed by atoms with Crippen molar-refractivity contribution in [2.45, 2.75) is 168 Å². The Kier molecular flexibility index (Phi) is 17.6. The molecule has 0 unspecified atom stereocenters. The van der Waals surface area contributed by atoms with E-state index in [0.717, 1.165) is 57.5 Å². The molecule has 0 amide bonds. The molecule has 0 bridgehead atoms. The van der Waals surface area contributed by atoms with Crippen LogP contribution in [0.4, 0.5) is 0 Å². The molecule has 0 radical (unpaired) electrons. The Hall–Kier alpha value is -1.29. The van der Waals surface area contributed by atoms with E-state index < -0.39 is 0 Å². The smallest absolute Gasteiger partial charge is 0.141 e. The molecule has 1 heterocycles. The highest BCUT2D eigenvalue weighted by atomic mass is 16.1. The van der Waals surface area contributed by atoms with Gasteiger partial charge in [-0.2, -0.15) is 0 Å². The maximum absolute atomic E-state index is 11.7. The second-order valence-corrected chi connectivity index (χ2v) is 17.9. The SMILES string of the molecule is C.C=C(C1CNC1)C(C)(C)C.CC(C)(C)C(=O)C1CCCC1.CC(C)(C)C(=O)C1CCCC1.CC(C)(C)C(=O)C1CCCC1. The number of hydrogen-bond donors (Lipinski definition) is 1. The van der Waals surface area contributed by atoms with Crippen LogP contribution in [0.5, 0.6) is 0 Å². The van der Waals surface area contributed by atoms with Crippen LogP contribution >= 0.6 is 0 Å². The first-order chi connectivity index (χ1) is 19.6. The monoisotopic (exact) mass is 618 g/mol. The van der Waals surface area contributed by atoms with Crippen molar-refractivity contribution >= 4 is 17.3 Å². The van der Waals surface area contributed by atoms with Crippen LogP contribution in [0.2, 0.25) is 0 Å². The summed E-state index contributed by atoms with van der Waals surface area (Å²) in [4.78, 5) is 35.0. The molecule has 1 saturated heterocycles. The second kappa shape index (κ2) is 18.2. The van der Waals surface area contributed by atoms with Crippen molar-refractivity contribution in [1.29, 1.82) is 0 Å². The molecule has 0 aromatic carbocycles. The van der Waals surface area contributed by atoms with Gasteiger partial charge in [-0.25, -0.2) is 0 Å². The molecule has 4 aliphatic rings. The summed E-state index contributed by atoms with van der Waals surface area (Å²) in [6, 6.07) is 0. The van der Waals surface area contributed by atoms with Crippen LogP contribution in [0.15, 0.2) is 12.2 Å². The first-order valence-electron chi connectivity index (χ1n) is 17.6. The summed E-state index contributed by atoms with van der Waals surface area (Å²) in [6.45, 7) is 31.3. The van der Waals surface area contributed by atoms with Gasteiger partial charge in [0.25, 0.3) is 0 Å². The molecule has 0 aromatic heterocycles. The molecule has 44 heavy (non-hydrogen) atoms. The van der Waals surface area contributed by atoms with Gasteiger partial charge >= 0.3 is 0 Å². The summed E-state index contributed by atoms with van der Waals surface area (Å²) in [7, 11) is 0. The van der Waals surface area contributed by atoms with Crippen LogP contribution < -0.4 is 5.32 Å². The third kappa shape index (κ3) is 14.9. The molecule has 1 N–H and O–H groups in total. The fourth-order valence-electron chi connectivity index (χ4n) is 6.55. The largest absolute Gasteiger partial charge is 0.315 e. The predicted molar refractivity (Wildman–Crippen MR) is 191 cm³/mol. The van der Waals surface area contributed by atoms with E-state index in [2.05, 4.69) is 32.7 Å². The zero-order valence-electron chi connectivity index (χ0n) is 30.6. The first-order valence-corrected chi connectivity index (χ1v) is 17.6. The van der Waals surface area contributed by atoms with Gasteiger partial charge in [0.1, 0.15) is 17.3 Å². The number of rotatable bonds is 4. The lowest BCUT2D eigenvalue weighted by Crippen LogP contribution is -2.44. The Bertz CT molecular complexity index is 791. The van der Waals surface area contributed by atoms with Crippen LogP contribution in [0.3, 0.4) is 0 Å². The molecule has 0 spiro atoms. The van der Waals surface area contributed by atoms with E-state index in [0.29, 0.717) is 40.5 Å². The second-order valence-electron chi connectivity index (χ2n) is 17.9. The lowest BCUT2D eigenvalue weighted by Gasteiger charge is -2.35. The fourth-order valence-corrected chi connectivity index (χ4v) is 6.55. The molecule has 4 heteroatoms. The average Bonchev–Trinajstić information content (AvgIpc) is 3.64. The molecule has 4 nitrogen and oxygen atoms in total. The van der Waals surface area contributed by atoms with Crippen molar-refractivity contribution in [1.82, 2.24) is 5.32 Å². The molecular formula is C40H75NO3. The van der Waals surface area contributed by atoms with Gasteiger partial charge in [0.15, 0.2) is 0 Å². The number of nitrogens with one attached hydrogen (secondary N) is 1. The number of Topliss-reactive ketones (excluding diaryl/α,β-unsaturated/α-hetero) is 3. The van der Waals surface area contributed by atoms with Crippen LogP contribution in [-0.2, 0) is 14.4 Å². The molecule has 258 valence electrons. The average molecular weight is 618 g/mol. The van der Waals surface area contributed by atoms with Gasteiger partial charge in [-0.05, 0) is 43.9 Å². The Morgan fingerprint density at radius 3 is 0.795 bits per heavy atom. The van der Waals surface area contributed by atoms with Crippen molar-refractivity contribution in [3.05, 3.63) is 12.2 Å². The van der Waals surface area contributed by atoms with Gasteiger partial charge in [-0.1, -0.05) is 141 Å². The van der Waals surface area contributed by atoms with Crippen molar-refractivity contribution in [2.75, 3.05) is 13.1 Å². The van der Waals surface area contributed by atoms with Crippen molar-refractivity contribution in [2.24, 2.45) is 45.3 Å². The summed E-state index contributed by atoms with van der Waals surface area (Å²) >= 11 is 0. The van der Waals surface area contributed by atoms with E-state index in [1.165, 1.54) is 44.1 Å². The molecule has 3 aliphatic carbocycles. The van der Waals surface area contributed by atoms with Crippen molar-refractivity contribution < 1.29 is 14.4 Å². The van der Waals surface area contributed by atoms with Gasteiger partial charge in [0.05, 0.1) is 0 Å². The minimum absolute atomic E-state index is 0. The number of carbonyl (C=O) groups excluding carboxylic acids is 3. The third-order valence-electron chi connectivity index (χ3n) is 9.63. The molecule has 0 aromatic rings. The van der Waals surface area contributed by atoms with E-state index in [1.54, 1.807) is 0 Å². The highest BCUT2D eigenvalue weighted by molar-refractivity contribution is 5.87. The molecule has 0 atom stereocenters. The number of carbonyl (C=O) groups is 3. The zero-order chi connectivity index (χ0) is 33.2. The molecule has 4 rings (SSSR count). The minimum atomic E-state index is -0.116. The Morgan fingerprint density at radius 1 is 0.455 bits per heavy atom.